The molecule has 0 aliphatic carbocycles. The van der Waals surface area contributed by atoms with Crippen LogP contribution in [0.2, 0.25) is 5.02 Å². The fourth-order valence-corrected chi connectivity index (χ4v) is 3.14. The maximum atomic E-state index is 13.7. The van der Waals surface area contributed by atoms with Gasteiger partial charge in [-0.2, -0.15) is 0 Å². The van der Waals surface area contributed by atoms with Gasteiger partial charge in [-0.3, -0.25) is 0 Å². The van der Waals surface area contributed by atoms with E-state index in [2.05, 4.69) is 9.80 Å². The van der Waals surface area contributed by atoms with Gasteiger partial charge >= 0.3 is 0 Å². The van der Waals surface area contributed by atoms with Gasteiger partial charge in [0.2, 0.25) is 0 Å². The number of likely N-dealkylation sites (tertiary alicyclic amines) is 1. The Hall–Kier alpha value is -0.680. The Kier molecular flexibility index (Phi) is 6.42. The zero-order valence-corrected chi connectivity index (χ0v) is 13.6. The Morgan fingerprint density at radius 2 is 2.29 bits per heavy atom. The smallest absolute Gasteiger partial charge is 0.127 e. The van der Waals surface area contributed by atoms with E-state index in [1.54, 1.807) is 19.2 Å². The van der Waals surface area contributed by atoms with Crippen molar-refractivity contribution in [2.24, 2.45) is 5.92 Å². The molecule has 1 atom stereocenters. The molecule has 1 aliphatic heterocycles. The number of methoxy groups -OCH3 is 1. The van der Waals surface area contributed by atoms with Crippen LogP contribution in [-0.2, 0) is 11.3 Å². The highest BCUT2D eigenvalue weighted by Gasteiger charge is 2.23. The van der Waals surface area contributed by atoms with Crippen LogP contribution in [0.3, 0.4) is 0 Å². The SMILES string of the molecule is COCCN1CC[C@@H](CN(C)Cc2cc(Cl)ccc2F)C1. The van der Waals surface area contributed by atoms with Gasteiger partial charge in [0.15, 0.2) is 0 Å². The van der Waals surface area contributed by atoms with E-state index in [-0.39, 0.29) is 5.82 Å². The van der Waals surface area contributed by atoms with Gasteiger partial charge in [-0.25, -0.2) is 4.39 Å². The van der Waals surface area contributed by atoms with E-state index in [0.29, 0.717) is 23.0 Å². The molecule has 1 saturated heterocycles. The molecule has 0 radical (unpaired) electrons. The van der Waals surface area contributed by atoms with Crippen molar-refractivity contribution in [1.82, 2.24) is 9.80 Å². The molecule has 0 unspecified atom stereocenters. The number of nitrogens with zero attached hydrogens (tertiary/aromatic N) is 2. The first-order valence-corrected chi connectivity index (χ1v) is 7.80. The van der Waals surface area contributed by atoms with E-state index in [1.165, 1.54) is 12.5 Å². The summed E-state index contributed by atoms with van der Waals surface area (Å²) in [4.78, 5) is 4.61. The topological polar surface area (TPSA) is 15.7 Å². The molecule has 118 valence electrons. The van der Waals surface area contributed by atoms with Gasteiger partial charge in [0.1, 0.15) is 5.82 Å². The lowest BCUT2D eigenvalue weighted by atomic mass is 10.1. The molecule has 1 aromatic rings. The van der Waals surface area contributed by atoms with E-state index in [0.717, 1.165) is 32.8 Å². The van der Waals surface area contributed by atoms with Crippen LogP contribution in [0, 0.1) is 11.7 Å². The summed E-state index contributed by atoms with van der Waals surface area (Å²) in [6.45, 7) is 5.60. The third kappa shape index (κ3) is 5.22. The molecule has 0 bridgehead atoms. The number of rotatable bonds is 7. The first-order valence-electron chi connectivity index (χ1n) is 7.42. The van der Waals surface area contributed by atoms with Crippen LogP contribution in [-0.4, -0.2) is 56.7 Å². The largest absolute Gasteiger partial charge is 0.383 e. The third-order valence-electron chi connectivity index (χ3n) is 4.00. The number of benzene rings is 1. The molecule has 2 rings (SSSR count). The first kappa shape index (κ1) is 16.7. The molecule has 5 heteroatoms. The van der Waals surface area contributed by atoms with Crippen molar-refractivity contribution in [1.29, 1.82) is 0 Å². The third-order valence-corrected chi connectivity index (χ3v) is 4.23. The van der Waals surface area contributed by atoms with Crippen LogP contribution in [0.1, 0.15) is 12.0 Å². The number of hydrogen-bond acceptors (Lipinski definition) is 3. The summed E-state index contributed by atoms with van der Waals surface area (Å²) in [7, 11) is 3.78. The molecule has 0 saturated carbocycles. The van der Waals surface area contributed by atoms with E-state index >= 15 is 0 Å². The zero-order chi connectivity index (χ0) is 15.2. The lowest BCUT2D eigenvalue weighted by Gasteiger charge is -2.22. The summed E-state index contributed by atoms with van der Waals surface area (Å²) in [5, 5.41) is 0.589. The van der Waals surface area contributed by atoms with Crippen molar-refractivity contribution in [2.45, 2.75) is 13.0 Å². The lowest BCUT2D eigenvalue weighted by Crippen LogP contribution is -2.29. The van der Waals surface area contributed by atoms with Gasteiger partial charge in [0.05, 0.1) is 6.61 Å². The molecule has 3 nitrogen and oxygen atoms in total. The predicted molar refractivity (Wildman–Crippen MR) is 84.2 cm³/mol. The van der Waals surface area contributed by atoms with Crippen LogP contribution in [0.4, 0.5) is 4.39 Å². The minimum Gasteiger partial charge on any atom is -0.383 e. The molecule has 1 aromatic carbocycles. The molecule has 21 heavy (non-hydrogen) atoms. The summed E-state index contributed by atoms with van der Waals surface area (Å²) >= 11 is 5.93. The number of ether oxygens (including phenoxy) is 1. The fraction of sp³-hybridized carbons (Fsp3) is 0.625. The van der Waals surface area contributed by atoms with Gasteiger partial charge in [0.25, 0.3) is 0 Å². The van der Waals surface area contributed by atoms with E-state index in [1.807, 2.05) is 7.05 Å². The lowest BCUT2D eigenvalue weighted by molar-refractivity contribution is 0.157. The number of hydrogen-bond donors (Lipinski definition) is 0. The maximum Gasteiger partial charge on any atom is 0.127 e. The second-order valence-electron chi connectivity index (χ2n) is 5.88. The summed E-state index contributed by atoms with van der Waals surface area (Å²) in [5.41, 5.74) is 0.666. The molecule has 0 spiro atoms. The fourth-order valence-electron chi connectivity index (χ4n) is 2.95. The summed E-state index contributed by atoms with van der Waals surface area (Å²) in [6, 6.07) is 4.74. The molecule has 1 fully saturated rings. The molecular weight excluding hydrogens is 291 g/mol. The number of halogens is 2. The molecule has 0 amide bonds. The van der Waals surface area contributed by atoms with Gasteiger partial charge in [-0.1, -0.05) is 11.6 Å². The Bertz CT molecular complexity index is 458. The Labute approximate surface area is 131 Å². The van der Waals surface area contributed by atoms with Gasteiger partial charge in [-0.15, -0.1) is 0 Å². The zero-order valence-electron chi connectivity index (χ0n) is 12.8. The normalized spacial score (nSPS) is 19.6. The monoisotopic (exact) mass is 314 g/mol. The van der Waals surface area contributed by atoms with Crippen LogP contribution < -0.4 is 0 Å². The average Bonchev–Trinajstić information content (AvgIpc) is 2.88. The molecule has 0 N–H and O–H groups in total. The van der Waals surface area contributed by atoms with Gasteiger partial charge in [0, 0.05) is 43.9 Å². The van der Waals surface area contributed by atoms with Crippen LogP contribution in [0.25, 0.3) is 0 Å². The average molecular weight is 315 g/mol. The maximum absolute atomic E-state index is 13.7. The summed E-state index contributed by atoms with van der Waals surface area (Å²) in [5.74, 6) is 0.466. The van der Waals surface area contributed by atoms with Crippen LogP contribution in [0.5, 0.6) is 0 Å². The second-order valence-corrected chi connectivity index (χ2v) is 6.32. The standard InChI is InChI=1S/C16H24ClFN2O/c1-19(12-14-9-15(17)3-4-16(14)18)10-13-5-6-20(11-13)7-8-21-2/h3-4,9,13H,5-8,10-12H2,1-2H3/t13-/m0/s1. The highest BCUT2D eigenvalue weighted by Crippen LogP contribution is 2.20. The highest BCUT2D eigenvalue weighted by molar-refractivity contribution is 6.30. The minimum absolute atomic E-state index is 0.181. The van der Waals surface area contributed by atoms with Crippen molar-refractivity contribution in [2.75, 3.05) is 46.9 Å². The van der Waals surface area contributed by atoms with Crippen LogP contribution in [0.15, 0.2) is 18.2 Å². The Morgan fingerprint density at radius 3 is 3.05 bits per heavy atom. The molecule has 0 aromatic heterocycles. The first-order chi connectivity index (χ1) is 10.1. The summed E-state index contributed by atoms with van der Waals surface area (Å²) in [6.07, 6.45) is 1.20. The molecule has 1 heterocycles. The molecular formula is C16H24ClFN2O. The predicted octanol–water partition coefficient (Wildman–Crippen LogP) is 2.88. The van der Waals surface area contributed by atoms with Crippen molar-refractivity contribution in [3.05, 3.63) is 34.6 Å². The quantitative estimate of drug-likeness (QED) is 0.769. The van der Waals surface area contributed by atoms with E-state index in [9.17, 15) is 4.39 Å². The van der Waals surface area contributed by atoms with Gasteiger partial charge in [-0.05, 0) is 44.1 Å². The Morgan fingerprint density at radius 1 is 1.48 bits per heavy atom. The van der Waals surface area contributed by atoms with Crippen molar-refractivity contribution >= 4 is 11.6 Å². The van der Waals surface area contributed by atoms with E-state index in [4.69, 9.17) is 16.3 Å². The Balaban J connectivity index is 1.80. The van der Waals surface area contributed by atoms with Crippen molar-refractivity contribution in [3.63, 3.8) is 0 Å². The highest BCUT2D eigenvalue weighted by atomic mass is 35.5. The second kappa shape index (κ2) is 8.08. The van der Waals surface area contributed by atoms with Gasteiger partial charge < -0.3 is 14.5 Å². The van der Waals surface area contributed by atoms with Crippen LogP contribution >= 0.6 is 11.6 Å². The summed E-state index contributed by atoms with van der Waals surface area (Å²) < 4.78 is 18.9. The van der Waals surface area contributed by atoms with Crippen molar-refractivity contribution in [3.8, 4) is 0 Å². The van der Waals surface area contributed by atoms with E-state index < -0.39 is 0 Å². The van der Waals surface area contributed by atoms with Crippen molar-refractivity contribution < 1.29 is 9.13 Å². The minimum atomic E-state index is -0.181. The molecule has 1 aliphatic rings.